The highest BCUT2D eigenvalue weighted by molar-refractivity contribution is 5.89. The molecule has 3 aromatic carbocycles. The van der Waals surface area contributed by atoms with Gasteiger partial charge < -0.3 is 13.3 Å². The molecule has 0 N–H and O–H groups in total. The van der Waals surface area contributed by atoms with Crippen molar-refractivity contribution in [2.24, 2.45) is 0 Å². The minimum atomic E-state index is -0.0741. The van der Waals surface area contributed by atoms with Crippen LogP contribution >= 0.6 is 0 Å². The van der Waals surface area contributed by atoms with Crippen LogP contribution in [0, 0.1) is 35.5 Å². The molecule has 1 aliphatic heterocycles. The van der Waals surface area contributed by atoms with Gasteiger partial charge in [0.1, 0.15) is 0 Å². The molecule has 45 heavy (non-hydrogen) atoms. The van der Waals surface area contributed by atoms with Crippen molar-refractivity contribution in [2.75, 3.05) is 0 Å². The predicted octanol–water partition coefficient (Wildman–Crippen LogP) is 10.3. The number of furan rings is 3. The van der Waals surface area contributed by atoms with Crippen molar-refractivity contribution < 1.29 is 13.3 Å². The summed E-state index contributed by atoms with van der Waals surface area (Å²) >= 11 is 0. The second-order valence-electron chi connectivity index (χ2n) is 15.2. The fourth-order valence-electron chi connectivity index (χ4n) is 5.61. The van der Waals surface area contributed by atoms with Crippen LogP contribution in [0.15, 0.2) is 67.8 Å². The van der Waals surface area contributed by atoms with Gasteiger partial charge in [0, 0.05) is 34.4 Å². The number of rotatable bonds is 0. The van der Waals surface area contributed by atoms with Gasteiger partial charge in [-0.1, -0.05) is 80.1 Å². The first-order valence-electron chi connectivity index (χ1n) is 15.4. The third kappa shape index (κ3) is 5.33. The summed E-state index contributed by atoms with van der Waals surface area (Å²) in [6.45, 7) is 19.8. The Balaban J connectivity index is 1.56. The van der Waals surface area contributed by atoms with Gasteiger partial charge in [-0.05, 0) is 87.1 Å². The summed E-state index contributed by atoms with van der Waals surface area (Å²) in [6, 6.07) is 18.9. The molecule has 0 aliphatic carbocycles. The van der Waals surface area contributed by atoms with E-state index >= 15 is 0 Å². The normalized spacial score (nSPS) is 13.0. The zero-order valence-electron chi connectivity index (χ0n) is 27.4. The van der Waals surface area contributed by atoms with E-state index in [9.17, 15) is 0 Å². The lowest BCUT2D eigenvalue weighted by atomic mass is 9.85. The predicted molar refractivity (Wildman–Crippen MR) is 183 cm³/mol. The Morgan fingerprint density at radius 2 is 0.622 bits per heavy atom. The molecule has 0 atom stereocenters. The van der Waals surface area contributed by atoms with Crippen molar-refractivity contribution in [3.05, 3.63) is 105 Å². The van der Waals surface area contributed by atoms with E-state index in [1.54, 1.807) is 0 Å². The first-order valence-corrected chi connectivity index (χ1v) is 15.4. The molecule has 6 aromatic rings. The minimum Gasteiger partial charge on any atom is -0.446 e. The highest BCUT2D eigenvalue weighted by atomic mass is 16.3. The number of hydrogen-bond donors (Lipinski definition) is 0. The highest BCUT2D eigenvalue weighted by Crippen LogP contribution is 2.34. The average Bonchev–Trinajstić information content (AvgIpc) is 3.67. The van der Waals surface area contributed by atoms with Crippen LogP contribution in [0.4, 0.5) is 0 Å². The molecule has 222 valence electrons. The topological polar surface area (TPSA) is 39.4 Å². The molecule has 0 saturated heterocycles. The minimum absolute atomic E-state index is 0.0741. The summed E-state index contributed by atoms with van der Waals surface area (Å²) in [5.74, 6) is 21.7. The van der Waals surface area contributed by atoms with Gasteiger partial charge in [-0.3, -0.25) is 0 Å². The molecule has 0 radical (unpaired) electrons. The fourth-order valence-corrected chi connectivity index (χ4v) is 5.61. The Bertz CT molecular complexity index is 2110. The Hall–Kier alpha value is -5.04. The van der Waals surface area contributed by atoms with Crippen molar-refractivity contribution in [1.29, 1.82) is 0 Å². The van der Waals surface area contributed by atoms with Gasteiger partial charge in [-0.15, -0.1) is 0 Å². The van der Waals surface area contributed by atoms with Crippen molar-refractivity contribution in [3.63, 3.8) is 0 Å². The van der Waals surface area contributed by atoms with E-state index in [2.05, 4.69) is 134 Å². The third-order valence-corrected chi connectivity index (χ3v) is 8.41. The van der Waals surface area contributed by atoms with E-state index in [4.69, 9.17) is 13.3 Å². The van der Waals surface area contributed by atoms with Crippen LogP contribution in [0.25, 0.3) is 32.9 Å². The lowest BCUT2D eigenvalue weighted by Gasteiger charge is -2.19. The van der Waals surface area contributed by atoms with E-state index in [-0.39, 0.29) is 16.2 Å². The van der Waals surface area contributed by atoms with Gasteiger partial charge in [0.15, 0.2) is 34.0 Å². The second kappa shape index (κ2) is 9.73. The molecule has 0 amide bonds. The SMILES string of the molecule is CC(C)(C)c1cc2c3oc(cc3c1)C#Cc1cc(C(C)(C)C)cc3cc(oc13)C#Cc1cc(C(C)(C)C)cc3cc(oc13)C#C2. The lowest BCUT2D eigenvalue weighted by molar-refractivity contribution is 0.587. The third-order valence-electron chi connectivity index (χ3n) is 8.41. The molecule has 1 aliphatic rings. The monoisotopic (exact) mass is 588 g/mol. The van der Waals surface area contributed by atoms with Gasteiger partial charge >= 0.3 is 0 Å². The smallest absolute Gasteiger partial charge is 0.178 e. The van der Waals surface area contributed by atoms with E-state index < -0.39 is 0 Å². The number of benzene rings is 3. The average molecular weight is 589 g/mol. The first kappa shape index (κ1) is 28.7. The van der Waals surface area contributed by atoms with E-state index in [0.717, 1.165) is 32.8 Å². The van der Waals surface area contributed by atoms with Crippen LogP contribution in [-0.2, 0) is 16.2 Å². The molecule has 7 rings (SSSR count). The molecule has 0 fully saturated rings. The second-order valence-corrected chi connectivity index (χ2v) is 15.2. The van der Waals surface area contributed by atoms with Crippen LogP contribution in [-0.4, -0.2) is 0 Å². The maximum atomic E-state index is 6.37. The number of hydrogen-bond acceptors (Lipinski definition) is 3. The summed E-state index contributed by atoms with van der Waals surface area (Å²) in [6.07, 6.45) is 0. The van der Waals surface area contributed by atoms with E-state index in [0.29, 0.717) is 34.0 Å². The number of fused-ring (bicyclic) bond motifs is 3. The first-order chi connectivity index (χ1) is 21.1. The Kier molecular flexibility index (Phi) is 6.21. The molecule has 4 heterocycles. The fraction of sp³-hybridized carbons (Fsp3) is 0.286. The van der Waals surface area contributed by atoms with Gasteiger partial charge in [0.2, 0.25) is 0 Å². The largest absolute Gasteiger partial charge is 0.446 e. The van der Waals surface area contributed by atoms with Crippen molar-refractivity contribution >= 4 is 32.9 Å². The Morgan fingerprint density at radius 3 is 0.867 bits per heavy atom. The zero-order valence-corrected chi connectivity index (χ0v) is 27.4. The maximum absolute atomic E-state index is 6.37. The van der Waals surface area contributed by atoms with Gasteiger partial charge in [0.25, 0.3) is 0 Å². The van der Waals surface area contributed by atoms with Gasteiger partial charge in [0.05, 0.1) is 16.7 Å². The van der Waals surface area contributed by atoms with Crippen molar-refractivity contribution in [3.8, 4) is 35.5 Å². The maximum Gasteiger partial charge on any atom is 0.178 e. The molecular weight excluding hydrogens is 552 g/mol. The quantitative estimate of drug-likeness (QED) is 0.166. The molecular formula is C42H36O3. The molecule has 0 unspecified atom stereocenters. The summed E-state index contributed by atoms with van der Waals surface area (Å²) in [5, 5.41) is 2.91. The van der Waals surface area contributed by atoms with E-state index in [1.807, 2.05) is 18.2 Å². The Labute approximate surface area is 265 Å². The summed E-state index contributed by atoms with van der Waals surface area (Å²) in [5.41, 5.74) is 7.84. The summed E-state index contributed by atoms with van der Waals surface area (Å²) < 4.78 is 19.1. The van der Waals surface area contributed by atoms with Crippen LogP contribution in [0.2, 0.25) is 0 Å². The van der Waals surface area contributed by atoms with E-state index in [1.165, 1.54) is 16.7 Å². The molecule has 3 nitrogen and oxygen atoms in total. The molecule has 3 aromatic heterocycles. The van der Waals surface area contributed by atoms with Crippen molar-refractivity contribution in [2.45, 2.75) is 78.6 Å². The molecule has 3 heteroatoms. The standard InChI is InChI=1S/C42H36O3/c1-40(2,3)31-16-25-10-13-35-23-29-20-33(42(7,8)9)18-27(38(29)44-35)12-15-36-24-30-21-32(41(4,5)6)17-26(39(30)45-36)11-14-34-22-28(19-31)37(25)43-34/h16-24H,1-9H3. The van der Waals surface area contributed by atoms with Crippen molar-refractivity contribution in [1.82, 2.24) is 0 Å². The summed E-state index contributed by atoms with van der Waals surface area (Å²) in [4.78, 5) is 0. The Morgan fingerprint density at radius 1 is 0.356 bits per heavy atom. The molecule has 0 spiro atoms. The highest BCUT2D eigenvalue weighted by Gasteiger charge is 2.21. The van der Waals surface area contributed by atoms with Crippen LogP contribution in [0.1, 0.15) is 113 Å². The zero-order chi connectivity index (χ0) is 31.9. The molecule has 6 bridgehead atoms. The lowest BCUT2D eigenvalue weighted by Crippen LogP contribution is -2.11. The van der Waals surface area contributed by atoms with Gasteiger partial charge in [-0.25, -0.2) is 0 Å². The molecule has 0 saturated carbocycles. The van der Waals surface area contributed by atoms with Gasteiger partial charge in [-0.2, -0.15) is 0 Å². The summed E-state index contributed by atoms with van der Waals surface area (Å²) in [7, 11) is 0. The van der Waals surface area contributed by atoms with Crippen LogP contribution < -0.4 is 0 Å². The van der Waals surface area contributed by atoms with Crippen LogP contribution in [0.5, 0.6) is 0 Å². The van der Waals surface area contributed by atoms with Crippen LogP contribution in [0.3, 0.4) is 0 Å².